The summed E-state index contributed by atoms with van der Waals surface area (Å²) in [6.07, 6.45) is 0.620. The predicted molar refractivity (Wildman–Crippen MR) is 119 cm³/mol. The molecule has 8 heteroatoms. The molecular formula is C23H19ClN4O3. The Labute approximate surface area is 183 Å². The van der Waals surface area contributed by atoms with E-state index in [1.807, 2.05) is 54.6 Å². The lowest BCUT2D eigenvalue weighted by molar-refractivity contribution is 0.0950. The molecule has 0 spiro atoms. The van der Waals surface area contributed by atoms with E-state index in [-0.39, 0.29) is 5.91 Å². The zero-order valence-corrected chi connectivity index (χ0v) is 17.4. The normalized spacial score (nSPS) is 10.6. The average Bonchev–Trinajstić information content (AvgIpc) is 3.22. The Hall–Kier alpha value is -3.84. The maximum absolute atomic E-state index is 12.9. The lowest BCUT2D eigenvalue weighted by Gasteiger charge is -2.21. The van der Waals surface area contributed by atoms with Gasteiger partial charge >= 0.3 is 5.76 Å². The summed E-state index contributed by atoms with van der Waals surface area (Å²) in [5, 5.41) is 5.98. The summed E-state index contributed by atoms with van der Waals surface area (Å²) in [6, 6.07) is 22.3. The summed E-state index contributed by atoms with van der Waals surface area (Å²) in [6.45, 7) is 0. The maximum atomic E-state index is 12.9. The van der Waals surface area contributed by atoms with Crippen molar-refractivity contribution in [2.75, 3.05) is 12.1 Å². The molecule has 0 radical (unpaired) electrons. The summed E-state index contributed by atoms with van der Waals surface area (Å²) in [7, 11) is 1.76. The van der Waals surface area contributed by atoms with Crippen LogP contribution in [0.3, 0.4) is 0 Å². The van der Waals surface area contributed by atoms with E-state index in [0.29, 0.717) is 28.4 Å². The van der Waals surface area contributed by atoms with Crippen LogP contribution >= 0.6 is 11.6 Å². The number of hydrazine groups is 1. The highest BCUT2D eigenvalue weighted by Crippen LogP contribution is 2.20. The molecule has 31 heavy (non-hydrogen) atoms. The highest BCUT2D eigenvalue weighted by molar-refractivity contribution is 6.30. The quantitative estimate of drug-likeness (QED) is 0.446. The number of anilines is 1. The summed E-state index contributed by atoms with van der Waals surface area (Å²) in [5.41, 5.74) is 6.94. The van der Waals surface area contributed by atoms with Crippen LogP contribution in [0.4, 0.5) is 5.69 Å². The van der Waals surface area contributed by atoms with Gasteiger partial charge in [0.2, 0.25) is 0 Å². The second-order valence-corrected chi connectivity index (χ2v) is 7.39. The van der Waals surface area contributed by atoms with Crippen molar-refractivity contribution in [2.45, 2.75) is 6.42 Å². The molecule has 0 fully saturated rings. The zero-order chi connectivity index (χ0) is 21.8. The van der Waals surface area contributed by atoms with Gasteiger partial charge in [-0.1, -0.05) is 47.1 Å². The van der Waals surface area contributed by atoms with Crippen LogP contribution in [0.25, 0.3) is 11.4 Å². The van der Waals surface area contributed by atoms with Crippen LogP contribution in [0.1, 0.15) is 21.5 Å². The van der Waals surface area contributed by atoms with Crippen LogP contribution in [-0.4, -0.2) is 23.1 Å². The number of H-pyrrole nitrogens is 1. The Morgan fingerprint density at radius 3 is 2.45 bits per heavy atom. The molecule has 0 unspecified atom stereocenters. The Morgan fingerprint density at radius 1 is 1.06 bits per heavy atom. The van der Waals surface area contributed by atoms with Gasteiger partial charge in [0.05, 0.1) is 5.69 Å². The van der Waals surface area contributed by atoms with Crippen molar-refractivity contribution in [1.82, 2.24) is 15.6 Å². The Balaban J connectivity index is 1.48. The Morgan fingerprint density at radius 2 is 1.77 bits per heavy atom. The van der Waals surface area contributed by atoms with Crippen LogP contribution in [0.5, 0.6) is 0 Å². The van der Waals surface area contributed by atoms with Gasteiger partial charge in [0.25, 0.3) is 5.91 Å². The fourth-order valence-corrected chi connectivity index (χ4v) is 3.32. The number of carbonyl (C=O) groups excluding carboxylic acids is 1. The number of carbonyl (C=O) groups is 1. The number of nitrogens with zero attached hydrogens (tertiary/aromatic N) is 2. The largest absolute Gasteiger partial charge is 0.439 e. The summed E-state index contributed by atoms with van der Waals surface area (Å²) < 4.78 is 4.52. The maximum Gasteiger partial charge on any atom is 0.439 e. The number of benzene rings is 3. The van der Waals surface area contributed by atoms with Crippen molar-refractivity contribution in [2.24, 2.45) is 0 Å². The number of halogens is 1. The van der Waals surface area contributed by atoms with Crippen molar-refractivity contribution in [3.05, 3.63) is 105 Å². The first-order valence-corrected chi connectivity index (χ1v) is 9.91. The standard InChI is InChI=1S/C23H19ClN4O3/c1-28(19-12-8-16(9-13-19)21-25-23(30)31-27-21)26-22(29)20-5-3-2-4-17(20)14-15-6-10-18(24)11-7-15/h2-13H,14H2,1H3,(H,26,29)(H,25,27,30). The number of aromatic amines is 1. The van der Waals surface area contributed by atoms with Gasteiger partial charge in [0.1, 0.15) is 0 Å². The molecule has 1 amide bonds. The molecule has 0 saturated carbocycles. The van der Waals surface area contributed by atoms with E-state index in [1.54, 1.807) is 30.3 Å². The van der Waals surface area contributed by atoms with Gasteiger partial charge in [-0.05, 0) is 60.0 Å². The highest BCUT2D eigenvalue weighted by atomic mass is 35.5. The van der Waals surface area contributed by atoms with Crippen molar-refractivity contribution < 1.29 is 9.32 Å². The fraction of sp³-hybridized carbons (Fsp3) is 0.0870. The minimum Gasteiger partial charge on any atom is -0.296 e. The SMILES string of the molecule is CN(NC(=O)c1ccccc1Cc1ccc(Cl)cc1)c1ccc(-c2noc(=O)[nH]2)cc1. The van der Waals surface area contributed by atoms with Crippen LogP contribution in [0.2, 0.25) is 5.02 Å². The molecule has 0 aliphatic rings. The van der Waals surface area contributed by atoms with Crippen LogP contribution in [0.15, 0.2) is 82.1 Å². The number of rotatable bonds is 6. The van der Waals surface area contributed by atoms with Gasteiger partial charge < -0.3 is 0 Å². The minimum atomic E-state index is -0.610. The summed E-state index contributed by atoms with van der Waals surface area (Å²) in [5.74, 6) is -0.475. The molecule has 0 aliphatic carbocycles. The van der Waals surface area contributed by atoms with Gasteiger partial charge in [-0.2, -0.15) is 0 Å². The smallest absolute Gasteiger partial charge is 0.296 e. The third kappa shape index (κ3) is 4.84. The molecule has 1 heterocycles. The summed E-state index contributed by atoms with van der Waals surface area (Å²) >= 11 is 5.96. The van der Waals surface area contributed by atoms with Gasteiger partial charge in [0.15, 0.2) is 5.82 Å². The van der Waals surface area contributed by atoms with E-state index in [0.717, 1.165) is 16.8 Å². The third-order valence-corrected chi connectivity index (χ3v) is 5.06. The van der Waals surface area contributed by atoms with Gasteiger partial charge in [0, 0.05) is 23.2 Å². The summed E-state index contributed by atoms with van der Waals surface area (Å²) in [4.78, 5) is 26.6. The number of hydrogen-bond donors (Lipinski definition) is 2. The second-order valence-electron chi connectivity index (χ2n) is 6.95. The van der Waals surface area contributed by atoms with Crippen molar-refractivity contribution in [1.29, 1.82) is 0 Å². The minimum absolute atomic E-state index is 0.211. The topological polar surface area (TPSA) is 91.2 Å². The number of hydrogen-bond acceptors (Lipinski definition) is 5. The molecule has 0 aliphatic heterocycles. The monoisotopic (exact) mass is 434 g/mol. The van der Waals surface area contributed by atoms with Crippen LogP contribution in [0, 0.1) is 0 Å². The van der Waals surface area contributed by atoms with Crippen molar-refractivity contribution in [3.8, 4) is 11.4 Å². The molecule has 4 aromatic rings. The zero-order valence-electron chi connectivity index (χ0n) is 16.6. The van der Waals surface area contributed by atoms with E-state index < -0.39 is 5.76 Å². The van der Waals surface area contributed by atoms with Crippen LogP contribution < -0.4 is 16.2 Å². The number of amides is 1. The second kappa shape index (κ2) is 8.89. The van der Waals surface area contributed by atoms with Gasteiger partial charge in [-0.15, -0.1) is 0 Å². The first-order valence-electron chi connectivity index (χ1n) is 9.53. The average molecular weight is 435 g/mol. The van der Waals surface area contributed by atoms with Gasteiger partial charge in [-0.3, -0.25) is 24.7 Å². The lowest BCUT2D eigenvalue weighted by atomic mass is 9.99. The molecule has 4 rings (SSSR count). The molecule has 156 valence electrons. The Bertz CT molecular complexity index is 1250. The fourth-order valence-electron chi connectivity index (χ4n) is 3.19. The predicted octanol–water partition coefficient (Wildman–Crippen LogP) is 4.06. The molecule has 0 saturated heterocycles. The van der Waals surface area contributed by atoms with Crippen molar-refractivity contribution >= 4 is 23.2 Å². The lowest BCUT2D eigenvalue weighted by Crippen LogP contribution is -2.39. The molecule has 0 bridgehead atoms. The van der Waals surface area contributed by atoms with E-state index in [9.17, 15) is 9.59 Å². The Kier molecular flexibility index (Phi) is 5.86. The van der Waals surface area contributed by atoms with E-state index >= 15 is 0 Å². The van der Waals surface area contributed by atoms with Gasteiger partial charge in [-0.25, -0.2) is 4.79 Å². The molecule has 7 nitrogen and oxygen atoms in total. The van der Waals surface area contributed by atoms with E-state index in [4.69, 9.17) is 11.6 Å². The first-order chi connectivity index (χ1) is 15.0. The van der Waals surface area contributed by atoms with Crippen molar-refractivity contribution in [3.63, 3.8) is 0 Å². The van der Waals surface area contributed by atoms with E-state index in [1.165, 1.54) is 0 Å². The highest BCUT2D eigenvalue weighted by Gasteiger charge is 2.14. The number of aromatic nitrogens is 2. The third-order valence-electron chi connectivity index (χ3n) is 4.81. The molecular weight excluding hydrogens is 416 g/mol. The first kappa shape index (κ1) is 20.4. The van der Waals surface area contributed by atoms with Crippen LogP contribution in [-0.2, 0) is 6.42 Å². The number of nitrogens with one attached hydrogen (secondary N) is 2. The molecule has 1 aromatic heterocycles. The van der Waals surface area contributed by atoms with E-state index in [2.05, 4.69) is 20.1 Å². The molecule has 2 N–H and O–H groups in total. The molecule has 3 aromatic carbocycles. The molecule has 0 atom stereocenters.